The zero-order valence-corrected chi connectivity index (χ0v) is 9.26. The summed E-state index contributed by atoms with van der Waals surface area (Å²) < 4.78 is 10.00. The van der Waals surface area contributed by atoms with Gasteiger partial charge in [-0.1, -0.05) is 0 Å². The second kappa shape index (κ2) is 5.71. The normalized spacial score (nSPS) is 39.9. The molecule has 0 saturated carbocycles. The van der Waals surface area contributed by atoms with Gasteiger partial charge in [0.25, 0.3) is 0 Å². The van der Waals surface area contributed by atoms with Crippen molar-refractivity contribution >= 4 is 5.91 Å². The third kappa shape index (κ3) is 3.12. The van der Waals surface area contributed by atoms with Crippen LogP contribution in [0.2, 0.25) is 0 Å². The molecule has 17 heavy (non-hydrogen) atoms. The summed E-state index contributed by atoms with van der Waals surface area (Å²) in [6.45, 7) is 1.18. The van der Waals surface area contributed by atoms with Crippen LogP contribution in [0.15, 0.2) is 0 Å². The number of carbonyl (C=O) groups excluding carboxylic acids is 1. The smallest absolute Gasteiger partial charge is 0.249 e. The predicted octanol–water partition coefficient (Wildman–Crippen LogP) is -3.32. The van der Waals surface area contributed by atoms with Crippen LogP contribution in [-0.2, 0) is 14.3 Å². The van der Waals surface area contributed by atoms with Crippen LogP contribution in [0, 0.1) is 0 Å². The lowest BCUT2D eigenvalue weighted by molar-refractivity contribution is -0.301. The highest BCUT2D eigenvalue weighted by Crippen LogP contribution is 2.22. The number of hydrogen-bond acceptors (Lipinski definition) is 7. The fourth-order valence-corrected chi connectivity index (χ4v) is 1.47. The number of aliphatic hydroxyl groups excluding tert-OH is 4. The van der Waals surface area contributed by atoms with Gasteiger partial charge in [0.1, 0.15) is 18.3 Å². The van der Waals surface area contributed by atoms with Gasteiger partial charge in [0.05, 0.1) is 12.7 Å². The molecule has 100 valence electrons. The summed E-state index contributed by atoms with van der Waals surface area (Å²) in [6.07, 6.45) is -8.23. The molecule has 1 saturated heterocycles. The molecular weight excluding hydrogens is 234 g/mol. The molecule has 1 aliphatic heterocycles. The molecule has 8 heteroatoms. The van der Waals surface area contributed by atoms with Gasteiger partial charge in [0.2, 0.25) is 5.91 Å². The van der Waals surface area contributed by atoms with E-state index in [4.69, 9.17) is 20.3 Å². The van der Waals surface area contributed by atoms with Crippen LogP contribution in [-0.4, -0.2) is 69.8 Å². The molecule has 0 bridgehead atoms. The molecule has 0 aromatic rings. The monoisotopic (exact) mass is 251 g/mol. The third-order valence-corrected chi connectivity index (χ3v) is 2.47. The first kappa shape index (κ1) is 14.3. The summed E-state index contributed by atoms with van der Waals surface area (Å²) in [5, 5.41) is 37.3. The molecule has 0 spiro atoms. The first-order valence-corrected chi connectivity index (χ1v) is 5.13. The van der Waals surface area contributed by atoms with E-state index in [1.54, 1.807) is 0 Å². The van der Waals surface area contributed by atoms with Crippen molar-refractivity contribution in [2.45, 2.75) is 43.7 Å². The lowest BCUT2D eigenvalue weighted by Gasteiger charge is -2.39. The maximum atomic E-state index is 11.0. The summed E-state index contributed by atoms with van der Waals surface area (Å²) in [4.78, 5) is 11.0. The van der Waals surface area contributed by atoms with Gasteiger partial charge in [-0.05, 0) is 6.92 Å². The lowest BCUT2D eigenvalue weighted by atomic mass is 9.98. The molecule has 3 unspecified atom stereocenters. The Morgan fingerprint density at radius 3 is 2.41 bits per heavy atom. The highest BCUT2D eigenvalue weighted by molar-refractivity contribution is 5.79. The number of carbonyl (C=O) groups is 1. The third-order valence-electron chi connectivity index (χ3n) is 2.47. The minimum atomic E-state index is -1.62. The minimum absolute atomic E-state index is 0.327. The summed E-state index contributed by atoms with van der Waals surface area (Å²) in [7, 11) is 0. The van der Waals surface area contributed by atoms with E-state index >= 15 is 0 Å². The number of hydrogen-bond donors (Lipinski definition) is 5. The molecule has 6 atom stereocenters. The number of amides is 1. The lowest BCUT2D eigenvalue weighted by Crippen LogP contribution is -2.62. The van der Waals surface area contributed by atoms with Crippen molar-refractivity contribution in [3.8, 4) is 0 Å². The Labute approximate surface area is 97.6 Å². The molecule has 0 aromatic heterocycles. The first-order chi connectivity index (χ1) is 7.88. The summed E-state index contributed by atoms with van der Waals surface area (Å²) >= 11 is 0. The quantitative estimate of drug-likeness (QED) is 0.352. The predicted molar refractivity (Wildman–Crippen MR) is 53.5 cm³/mol. The van der Waals surface area contributed by atoms with E-state index in [0.717, 1.165) is 0 Å². The van der Waals surface area contributed by atoms with Gasteiger partial charge in [0.15, 0.2) is 12.4 Å². The van der Waals surface area contributed by atoms with Gasteiger partial charge in [-0.3, -0.25) is 4.79 Å². The topological polar surface area (TPSA) is 142 Å². The minimum Gasteiger partial charge on any atom is -0.394 e. The van der Waals surface area contributed by atoms with Crippen LogP contribution in [0.1, 0.15) is 6.92 Å². The number of primary amides is 1. The maximum absolute atomic E-state index is 11.0. The van der Waals surface area contributed by atoms with E-state index in [1.807, 2.05) is 0 Å². The SMILES string of the molecule is CC(CO)O[C@H]1OC(C(N)=O)[C@@H](O)C(O)[C@@H]1O. The Bertz CT molecular complexity index is 274. The molecule has 1 heterocycles. The Kier molecular flexibility index (Phi) is 4.80. The molecule has 1 rings (SSSR count). The molecule has 0 aliphatic carbocycles. The zero-order chi connectivity index (χ0) is 13.2. The van der Waals surface area contributed by atoms with Crippen LogP contribution in [0.25, 0.3) is 0 Å². The average Bonchev–Trinajstić information content (AvgIpc) is 2.29. The van der Waals surface area contributed by atoms with Crippen LogP contribution in [0.5, 0.6) is 0 Å². The van der Waals surface area contributed by atoms with Crippen molar-refractivity contribution in [2.75, 3.05) is 6.61 Å². The van der Waals surface area contributed by atoms with E-state index in [0.29, 0.717) is 0 Å². The molecule has 0 aromatic carbocycles. The highest BCUT2D eigenvalue weighted by atomic mass is 16.7. The van der Waals surface area contributed by atoms with Crippen molar-refractivity contribution in [3.63, 3.8) is 0 Å². The second-order valence-electron chi connectivity index (χ2n) is 3.93. The Morgan fingerprint density at radius 2 is 1.94 bits per heavy atom. The molecule has 6 N–H and O–H groups in total. The van der Waals surface area contributed by atoms with Gasteiger partial charge in [-0.2, -0.15) is 0 Å². The number of aliphatic hydroxyl groups is 4. The highest BCUT2D eigenvalue weighted by Gasteiger charge is 2.46. The van der Waals surface area contributed by atoms with Crippen molar-refractivity contribution in [2.24, 2.45) is 5.73 Å². The summed E-state index contributed by atoms with van der Waals surface area (Å²) in [5.74, 6) is -0.978. The number of rotatable bonds is 4. The van der Waals surface area contributed by atoms with Crippen LogP contribution >= 0.6 is 0 Å². The molecule has 1 aliphatic rings. The fraction of sp³-hybridized carbons (Fsp3) is 0.889. The molecular formula is C9H17NO7. The van der Waals surface area contributed by atoms with Gasteiger partial charge in [0, 0.05) is 0 Å². The summed E-state index contributed by atoms with van der Waals surface area (Å²) in [6, 6.07) is 0. The van der Waals surface area contributed by atoms with Crippen LogP contribution < -0.4 is 5.73 Å². The Hall–Kier alpha value is -0.770. The van der Waals surface area contributed by atoms with Crippen molar-refractivity contribution in [3.05, 3.63) is 0 Å². The Morgan fingerprint density at radius 1 is 1.35 bits per heavy atom. The maximum Gasteiger partial charge on any atom is 0.249 e. The molecule has 1 amide bonds. The van der Waals surface area contributed by atoms with E-state index in [2.05, 4.69) is 0 Å². The van der Waals surface area contributed by atoms with E-state index in [1.165, 1.54) is 6.92 Å². The van der Waals surface area contributed by atoms with Gasteiger partial charge < -0.3 is 35.6 Å². The summed E-state index contributed by atoms with van der Waals surface area (Å²) in [5.41, 5.74) is 4.97. The average molecular weight is 251 g/mol. The van der Waals surface area contributed by atoms with Crippen LogP contribution in [0.3, 0.4) is 0 Å². The van der Waals surface area contributed by atoms with Crippen LogP contribution in [0.4, 0.5) is 0 Å². The van der Waals surface area contributed by atoms with Crippen molar-refractivity contribution < 1.29 is 34.7 Å². The van der Waals surface area contributed by atoms with E-state index < -0.39 is 42.7 Å². The largest absolute Gasteiger partial charge is 0.394 e. The molecule has 0 radical (unpaired) electrons. The van der Waals surface area contributed by atoms with Crippen molar-refractivity contribution in [1.82, 2.24) is 0 Å². The van der Waals surface area contributed by atoms with Gasteiger partial charge in [-0.25, -0.2) is 0 Å². The molecule has 1 fully saturated rings. The number of ether oxygens (including phenoxy) is 2. The van der Waals surface area contributed by atoms with Crippen molar-refractivity contribution in [1.29, 1.82) is 0 Å². The zero-order valence-electron chi connectivity index (χ0n) is 9.26. The first-order valence-electron chi connectivity index (χ1n) is 5.13. The number of nitrogens with two attached hydrogens (primary N) is 1. The second-order valence-corrected chi connectivity index (χ2v) is 3.93. The van der Waals surface area contributed by atoms with Gasteiger partial charge in [-0.15, -0.1) is 0 Å². The molecule has 8 nitrogen and oxygen atoms in total. The van der Waals surface area contributed by atoms with Gasteiger partial charge >= 0.3 is 0 Å². The fourth-order valence-electron chi connectivity index (χ4n) is 1.47. The standard InChI is InChI=1S/C9H17NO7/c1-3(2-11)16-9-6(14)4(12)5(13)7(17-9)8(10)15/h3-7,9,11-14H,2H2,1H3,(H2,10,15)/t3?,4?,5-,6-,7?,9-/m0/s1. The van der Waals surface area contributed by atoms with E-state index in [9.17, 15) is 20.1 Å². The Balaban J connectivity index is 2.74. The van der Waals surface area contributed by atoms with E-state index in [-0.39, 0.29) is 6.61 Å².